The molecule has 20 heavy (non-hydrogen) atoms. The van der Waals surface area contributed by atoms with Crippen LogP contribution in [0.15, 0.2) is 30.5 Å². The van der Waals surface area contributed by atoms with Gasteiger partial charge in [0.2, 0.25) is 0 Å². The Morgan fingerprint density at radius 3 is 2.65 bits per heavy atom. The summed E-state index contributed by atoms with van der Waals surface area (Å²) in [6.07, 6.45) is 4.56. The fraction of sp³-hybridized carbons (Fsp3) is 0.438. The van der Waals surface area contributed by atoms with Crippen molar-refractivity contribution >= 4 is 11.3 Å². The van der Waals surface area contributed by atoms with Gasteiger partial charge in [-0.1, -0.05) is 12.1 Å². The van der Waals surface area contributed by atoms with Crippen molar-refractivity contribution in [2.24, 2.45) is 0 Å². The zero-order valence-corrected chi connectivity index (χ0v) is 12.6. The average Bonchev–Trinajstić information content (AvgIpc) is 3.13. The van der Waals surface area contributed by atoms with Crippen LogP contribution in [0.3, 0.4) is 0 Å². The van der Waals surface area contributed by atoms with Gasteiger partial charge in [0.25, 0.3) is 0 Å². The summed E-state index contributed by atoms with van der Waals surface area (Å²) in [5, 5.41) is 4.59. The van der Waals surface area contributed by atoms with Gasteiger partial charge in [0, 0.05) is 29.1 Å². The maximum absolute atomic E-state index is 13.0. The molecule has 4 heteroatoms. The highest BCUT2D eigenvalue weighted by Crippen LogP contribution is 2.34. The number of nitrogens with zero attached hydrogens (tertiary/aromatic N) is 1. The molecule has 0 saturated heterocycles. The Bertz CT molecular complexity index is 585. The topological polar surface area (TPSA) is 24.9 Å². The van der Waals surface area contributed by atoms with Crippen molar-refractivity contribution in [2.75, 3.05) is 0 Å². The number of halogens is 1. The Kier molecular flexibility index (Phi) is 3.61. The maximum Gasteiger partial charge on any atom is 0.123 e. The van der Waals surface area contributed by atoms with Gasteiger partial charge in [-0.15, -0.1) is 11.3 Å². The van der Waals surface area contributed by atoms with E-state index in [0.717, 1.165) is 17.1 Å². The molecule has 0 aliphatic heterocycles. The van der Waals surface area contributed by atoms with E-state index in [1.165, 1.54) is 29.9 Å². The Balaban J connectivity index is 1.77. The SMILES string of the molecule is CC(C)(c1ccc(F)cc1)c1ncc(CNC2CC2)s1. The molecular formula is C16H19FN2S. The molecule has 0 bridgehead atoms. The lowest BCUT2D eigenvalue weighted by Gasteiger charge is -2.22. The second kappa shape index (κ2) is 5.26. The van der Waals surface area contributed by atoms with Crippen molar-refractivity contribution in [3.63, 3.8) is 0 Å². The van der Waals surface area contributed by atoms with Crippen LogP contribution in [-0.4, -0.2) is 11.0 Å². The summed E-state index contributed by atoms with van der Waals surface area (Å²) >= 11 is 1.74. The van der Waals surface area contributed by atoms with Gasteiger partial charge < -0.3 is 5.32 Å². The zero-order valence-electron chi connectivity index (χ0n) is 11.8. The van der Waals surface area contributed by atoms with E-state index in [4.69, 9.17) is 0 Å². The lowest BCUT2D eigenvalue weighted by Crippen LogP contribution is -2.18. The standard InChI is InChI=1S/C16H19FN2S/c1-16(2,11-3-5-12(17)6-4-11)15-19-10-14(20-15)9-18-13-7-8-13/h3-6,10,13,18H,7-9H2,1-2H3. The van der Waals surface area contributed by atoms with Gasteiger partial charge in [-0.2, -0.15) is 0 Å². The highest BCUT2D eigenvalue weighted by Gasteiger charge is 2.27. The number of hydrogen-bond acceptors (Lipinski definition) is 3. The second-order valence-corrected chi connectivity index (χ2v) is 7.03. The van der Waals surface area contributed by atoms with E-state index < -0.39 is 0 Å². The molecule has 0 spiro atoms. The summed E-state index contributed by atoms with van der Waals surface area (Å²) in [7, 11) is 0. The van der Waals surface area contributed by atoms with Crippen molar-refractivity contribution in [1.82, 2.24) is 10.3 Å². The van der Waals surface area contributed by atoms with Crippen molar-refractivity contribution in [1.29, 1.82) is 0 Å². The normalized spacial score (nSPS) is 15.6. The monoisotopic (exact) mass is 290 g/mol. The van der Waals surface area contributed by atoms with Crippen LogP contribution in [0.4, 0.5) is 4.39 Å². The quantitative estimate of drug-likeness (QED) is 0.904. The first kappa shape index (κ1) is 13.7. The van der Waals surface area contributed by atoms with Gasteiger partial charge in [0.05, 0.1) is 0 Å². The second-order valence-electron chi connectivity index (χ2n) is 5.92. The van der Waals surface area contributed by atoms with E-state index in [1.807, 2.05) is 18.3 Å². The Morgan fingerprint density at radius 2 is 2.00 bits per heavy atom. The molecular weight excluding hydrogens is 271 g/mol. The van der Waals surface area contributed by atoms with Gasteiger partial charge >= 0.3 is 0 Å². The fourth-order valence-corrected chi connectivity index (χ4v) is 3.19. The predicted octanol–water partition coefficient (Wildman–Crippen LogP) is 3.86. The Labute approximate surface area is 123 Å². The first-order valence-electron chi connectivity index (χ1n) is 7.00. The molecule has 0 radical (unpaired) electrons. The molecule has 1 heterocycles. The van der Waals surface area contributed by atoms with Crippen LogP contribution in [0.25, 0.3) is 0 Å². The van der Waals surface area contributed by atoms with Crippen molar-refractivity contribution in [3.05, 3.63) is 51.7 Å². The minimum atomic E-state index is -0.196. The van der Waals surface area contributed by atoms with E-state index in [-0.39, 0.29) is 11.2 Å². The average molecular weight is 290 g/mol. The van der Waals surface area contributed by atoms with Gasteiger partial charge in [-0.25, -0.2) is 9.37 Å². The molecule has 2 aromatic rings. The van der Waals surface area contributed by atoms with Crippen LogP contribution < -0.4 is 5.32 Å². The third kappa shape index (κ3) is 2.91. The summed E-state index contributed by atoms with van der Waals surface area (Å²) in [4.78, 5) is 5.84. The lowest BCUT2D eigenvalue weighted by atomic mass is 9.85. The molecule has 1 fully saturated rings. The van der Waals surface area contributed by atoms with Gasteiger partial charge in [0.1, 0.15) is 10.8 Å². The van der Waals surface area contributed by atoms with E-state index in [9.17, 15) is 4.39 Å². The number of rotatable bonds is 5. The zero-order chi connectivity index (χ0) is 14.2. The first-order valence-corrected chi connectivity index (χ1v) is 7.82. The Morgan fingerprint density at radius 1 is 1.30 bits per heavy atom. The van der Waals surface area contributed by atoms with E-state index in [1.54, 1.807) is 11.3 Å². The van der Waals surface area contributed by atoms with E-state index in [2.05, 4.69) is 24.1 Å². The molecule has 106 valence electrons. The number of aromatic nitrogens is 1. The van der Waals surface area contributed by atoms with Gasteiger partial charge in [-0.05, 0) is 44.4 Å². The third-order valence-corrected chi connectivity index (χ3v) is 5.12. The van der Waals surface area contributed by atoms with Crippen LogP contribution >= 0.6 is 11.3 Å². The Hall–Kier alpha value is -1.26. The molecule has 0 atom stereocenters. The minimum Gasteiger partial charge on any atom is -0.309 e. The van der Waals surface area contributed by atoms with Crippen LogP contribution in [0.2, 0.25) is 0 Å². The molecule has 1 aromatic heterocycles. The summed E-state index contributed by atoms with van der Waals surface area (Å²) in [5.41, 5.74) is 0.908. The third-order valence-electron chi connectivity index (χ3n) is 3.80. The summed E-state index contributed by atoms with van der Waals surface area (Å²) in [6.45, 7) is 5.18. The van der Waals surface area contributed by atoms with Crippen molar-refractivity contribution < 1.29 is 4.39 Å². The number of benzene rings is 1. The maximum atomic E-state index is 13.0. The lowest BCUT2D eigenvalue weighted by molar-refractivity contribution is 0.612. The van der Waals surface area contributed by atoms with Crippen LogP contribution in [0.5, 0.6) is 0 Å². The molecule has 1 N–H and O–H groups in total. The van der Waals surface area contributed by atoms with Crippen LogP contribution in [-0.2, 0) is 12.0 Å². The number of hydrogen-bond donors (Lipinski definition) is 1. The molecule has 3 rings (SSSR count). The van der Waals surface area contributed by atoms with Crippen LogP contribution in [0, 0.1) is 5.82 Å². The van der Waals surface area contributed by atoms with E-state index >= 15 is 0 Å². The molecule has 0 amide bonds. The molecule has 1 saturated carbocycles. The molecule has 0 unspecified atom stereocenters. The molecule has 1 aliphatic rings. The fourth-order valence-electron chi connectivity index (χ4n) is 2.20. The van der Waals surface area contributed by atoms with E-state index in [0.29, 0.717) is 6.04 Å². The number of nitrogens with one attached hydrogen (secondary N) is 1. The van der Waals surface area contributed by atoms with Crippen LogP contribution in [0.1, 0.15) is 42.1 Å². The number of thiazole rings is 1. The largest absolute Gasteiger partial charge is 0.309 e. The highest BCUT2D eigenvalue weighted by molar-refractivity contribution is 7.11. The predicted molar refractivity (Wildman–Crippen MR) is 80.5 cm³/mol. The van der Waals surface area contributed by atoms with Crippen molar-refractivity contribution in [2.45, 2.75) is 44.7 Å². The molecule has 2 nitrogen and oxygen atoms in total. The summed E-state index contributed by atoms with van der Waals surface area (Å²) in [6, 6.07) is 7.43. The van der Waals surface area contributed by atoms with Crippen molar-refractivity contribution in [3.8, 4) is 0 Å². The summed E-state index contributed by atoms with van der Waals surface area (Å²) in [5.74, 6) is -0.196. The molecule has 1 aromatic carbocycles. The molecule has 1 aliphatic carbocycles. The minimum absolute atomic E-state index is 0.184. The smallest absolute Gasteiger partial charge is 0.123 e. The first-order chi connectivity index (χ1) is 9.55. The van der Waals surface area contributed by atoms with Gasteiger partial charge in [-0.3, -0.25) is 0 Å². The van der Waals surface area contributed by atoms with Gasteiger partial charge in [0.15, 0.2) is 0 Å². The summed E-state index contributed by atoms with van der Waals surface area (Å²) < 4.78 is 13.0. The highest BCUT2D eigenvalue weighted by atomic mass is 32.1.